The van der Waals surface area contributed by atoms with Crippen molar-refractivity contribution < 1.29 is 4.79 Å². The molecule has 1 aliphatic heterocycles. The van der Waals surface area contributed by atoms with E-state index in [0.29, 0.717) is 12.2 Å². The molecular formula is C12H13N3O. The second kappa shape index (κ2) is 4.31. The quantitative estimate of drug-likeness (QED) is 0.713. The molecule has 1 amide bonds. The number of nitriles is 1. The minimum atomic E-state index is -0.283. The van der Waals surface area contributed by atoms with E-state index in [9.17, 15) is 4.79 Å². The van der Waals surface area contributed by atoms with Gasteiger partial charge in [0, 0.05) is 12.7 Å². The largest absolute Gasteiger partial charge is 0.321 e. The Morgan fingerprint density at radius 1 is 1.69 bits per heavy atom. The molecular weight excluding hydrogens is 202 g/mol. The summed E-state index contributed by atoms with van der Waals surface area (Å²) >= 11 is 0. The molecule has 0 radical (unpaired) electrons. The van der Waals surface area contributed by atoms with Crippen molar-refractivity contribution in [1.82, 2.24) is 9.88 Å². The van der Waals surface area contributed by atoms with Crippen LogP contribution in [0, 0.1) is 18.3 Å². The van der Waals surface area contributed by atoms with Gasteiger partial charge < -0.3 is 4.90 Å². The summed E-state index contributed by atoms with van der Waals surface area (Å²) in [7, 11) is 0. The first-order valence-electron chi connectivity index (χ1n) is 5.36. The molecule has 0 N–H and O–H groups in total. The van der Waals surface area contributed by atoms with E-state index < -0.39 is 0 Å². The minimum Gasteiger partial charge on any atom is -0.321 e. The zero-order valence-electron chi connectivity index (χ0n) is 9.18. The van der Waals surface area contributed by atoms with Crippen LogP contribution in [0.2, 0.25) is 0 Å². The molecule has 0 saturated carbocycles. The number of hydrogen-bond acceptors (Lipinski definition) is 3. The predicted octanol–water partition coefficient (Wildman–Crippen LogP) is 1.52. The van der Waals surface area contributed by atoms with Crippen molar-refractivity contribution in [3.63, 3.8) is 0 Å². The highest BCUT2D eigenvalue weighted by Gasteiger charge is 2.30. The molecule has 1 saturated heterocycles. The van der Waals surface area contributed by atoms with Gasteiger partial charge in [0.15, 0.2) is 0 Å². The molecule has 1 aromatic rings. The number of amides is 1. The van der Waals surface area contributed by atoms with Crippen molar-refractivity contribution in [2.24, 2.45) is 0 Å². The maximum atomic E-state index is 12.1. The first kappa shape index (κ1) is 10.6. The van der Waals surface area contributed by atoms with E-state index in [0.717, 1.165) is 18.4 Å². The van der Waals surface area contributed by atoms with Gasteiger partial charge in [-0.1, -0.05) is 6.07 Å². The van der Waals surface area contributed by atoms with Crippen LogP contribution in [0.15, 0.2) is 18.3 Å². The summed E-state index contributed by atoms with van der Waals surface area (Å²) in [6.45, 7) is 2.52. The highest BCUT2D eigenvalue weighted by atomic mass is 16.2. The summed E-state index contributed by atoms with van der Waals surface area (Å²) < 4.78 is 0. The van der Waals surface area contributed by atoms with Gasteiger partial charge >= 0.3 is 0 Å². The molecule has 4 heteroatoms. The summed E-state index contributed by atoms with van der Waals surface area (Å²) in [5.41, 5.74) is 1.32. The fourth-order valence-corrected chi connectivity index (χ4v) is 1.99. The molecule has 82 valence electrons. The number of carbonyl (C=O) groups is 1. The summed E-state index contributed by atoms with van der Waals surface area (Å²) in [6.07, 6.45) is 3.28. The third-order valence-electron chi connectivity index (χ3n) is 2.87. The average molecular weight is 215 g/mol. The molecule has 0 spiro atoms. The number of aryl methyl sites for hydroxylation is 1. The van der Waals surface area contributed by atoms with E-state index >= 15 is 0 Å². The van der Waals surface area contributed by atoms with E-state index in [1.54, 1.807) is 17.2 Å². The van der Waals surface area contributed by atoms with Crippen LogP contribution < -0.4 is 0 Å². The lowest BCUT2D eigenvalue weighted by Gasteiger charge is -2.19. The van der Waals surface area contributed by atoms with Gasteiger partial charge in [-0.15, -0.1) is 0 Å². The van der Waals surface area contributed by atoms with Crippen LogP contribution in [0.25, 0.3) is 0 Å². The van der Waals surface area contributed by atoms with Crippen molar-refractivity contribution in [3.05, 3.63) is 29.6 Å². The predicted molar refractivity (Wildman–Crippen MR) is 58.6 cm³/mol. The standard InChI is InChI=1S/C12H13N3O/c1-9-4-2-6-14-11(9)12(16)15-7-3-5-10(15)8-13/h2,4,6,10H,3,5,7H2,1H3. The molecule has 0 aliphatic carbocycles. The normalized spacial score (nSPS) is 19.5. The van der Waals surface area contributed by atoms with E-state index in [1.807, 2.05) is 13.0 Å². The maximum absolute atomic E-state index is 12.1. The topological polar surface area (TPSA) is 57.0 Å². The van der Waals surface area contributed by atoms with Crippen LogP contribution in [0.5, 0.6) is 0 Å². The van der Waals surface area contributed by atoms with Gasteiger partial charge in [-0.05, 0) is 31.4 Å². The lowest BCUT2D eigenvalue weighted by molar-refractivity contribution is 0.0758. The van der Waals surface area contributed by atoms with Crippen LogP contribution in [-0.2, 0) is 0 Å². The van der Waals surface area contributed by atoms with Crippen molar-refractivity contribution >= 4 is 5.91 Å². The fourth-order valence-electron chi connectivity index (χ4n) is 1.99. The number of nitrogens with zero attached hydrogens (tertiary/aromatic N) is 3. The van der Waals surface area contributed by atoms with E-state index in [4.69, 9.17) is 5.26 Å². The monoisotopic (exact) mass is 215 g/mol. The molecule has 4 nitrogen and oxygen atoms in total. The molecule has 16 heavy (non-hydrogen) atoms. The highest BCUT2D eigenvalue weighted by molar-refractivity contribution is 5.94. The summed E-state index contributed by atoms with van der Waals surface area (Å²) in [5.74, 6) is -0.123. The number of aromatic nitrogens is 1. The lowest BCUT2D eigenvalue weighted by atomic mass is 10.2. The van der Waals surface area contributed by atoms with Crippen molar-refractivity contribution in [2.75, 3.05) is 6.54 Å². The Kier molecular flexibility index (Phi) is 2.86. The number of rotatable bonds is 1. The van der Waals surface area contributed by atoms with Crippen LogP contribution >= 0.6 is 0 Å². The third-order valence-corrected chi connectivity index (χ3v) is 2.87. The molecule has 0 bridgehead atoms. The fraction of sp³-hybridized carbons (Fsp3) is 0.417. The first-order valence-corrected chi connectivity index (χ1v) is 5.36. The summed E-state index contributed by atoms with van der Waals surface area (Å²) in [4.78, 5) is 17.9. The lowest BCUT2D eigenvalue weighted by Crippen LogP contribution is -2.35. The van der Waals surface area contributed by atoms with E-state index in [1.165, 1.54) is 0 Å². The number of likely N-dealkylation sites (tertiary alicyclic amines) is 1. The number of hydrogen-bond donors (Lipinski definition) is 0. The van der Waals surface area contributed by atoms with Crippen LogP contribution in [0.4, 0.5) is 0 Å². The van der Waals surface area contributed by atoms with Crippen LogP contribution in [0.1, 0.15) is 28.9 Å². The SMILES string of the molecule is Cc1cccnc1C(=O)N1CCCC1C#N. The van der Waals surface area contributed by atoms with Gasteiger partial charge in [-0.3, -0.25) is 9.78 Å². The van der Waals surface area contributed by atoms with Gasteiger partial charge in [-0.25, -0.2) is 0 Å². The first-order chi connectivity index (χ1) is 7.74. The zero-order chi connectivity index (χ0) is 11.5. The Balaban J connectivity index is 2.26. The number of pyridine rings is 1. The van der Waals surface area contributed by atoms with Crippen molar-refractivity contribution in [2.45, 2.75) is 25.8 Å². The third kappa shape index (κ3) is 1.76. The van der Waals surface area contributed by atoms with Gasteiger partial charge in [-0.2, -0.15) is 5.26 Å². The highest BCUT2D eigenvalue weighted by Crippen LogP contribution is 2.19. The Bertz CT molecular complexity index is 450. The second-order valence-electron chi connectivity index (χ2n) is 3.95. The Morgan fingerprint density at radius 3 is 3.19 bits per heavy atom. The van der Waals surface area contributed by atoms with E-state index in [2.05, 4.69) is 11.1 Å². The molecule has 2 heterocycles. The van der Waals surface area contributed by atoms with Crippen molar-refractivity contribution in [1.29, 1.82) is 5.26 Å². The average Bonchev–Trinajstić information content (AvgIpc) is 2.77. The zero-order valence-corrected chi connectivity index (χ0v) is 9.18. The molecule has 1 aromatic heterocycles. The summed E-state index contributed by atoms with van der Waals surface area (Å²) in [5, 5.41) is 8.94. The Morgan fingerprint density at radius 2 is 2.50 bits per heavy atom. The van der Waals surface area contributed by atoms with Gasteiger partial charge in [0.1, 0.15) is 11.7 Å². The minimum absolute atomic E-state index is 0.123. The van der Waals surface area contributed by atoms with Crippen LogP contribution in [0.3, 0.4) is 0 Å². The molecule has 1 aliphatic rings. The molecule has 2 rings (SSSR count). The summed E-state index contributed by atoms with van der Waals surface area (Å²) in [6, 6.07) is 5.54. The molecule has 0 aromatic carbocycles. The van der Waals surface area contributed by atoms with Crippen molar-refractivity contribution in [3.8, 4) is 6.07 Å². The second-order valence-corrected chi connectivity index (χ2v) is 3.95. The molecule has 1 atom stereocenters. The maximum Gasteiger partial charge on any atom is 0.273 e. The molecule has 1 fully saturated rings. The number of carbonyl (C=O) groups excluding carboxylic acids is 1. The Hall–Kier alpha value is -1.89. The Labute approximate surface area is 94.5 Å². The van der Waals surface area contributed by atoms with Gasteiger partial charge in [0.05, 0.1) is 6.07 Å². The van der Waals surface area contributed by atoms with E-state index in [-0.39, 0.29) is 11.9 Å². The smallest absolute Gasteiger partial charge is 0.273 e. The van der Waals surface area contributed by atoms with Gasteiger partial charge in [0.2, 0.25) is 0 Å². The van der Waals surface area contributed by atoms with Gasteiger partial charge in [0.25, 0.3) is 5.91 Å². The van der Waals surface area contributed by atoms with Crippen LogP contribution in [-0.4, -0.2) is 28.4 Å². The molecule has 1 unspecified atom stereocenters.